The van der Waals surface area contributed by atoms with E-state index < -0.39 is 25.5 Å². The average Bonchev–Trinajstić information content (AvgIpc) is 2.16. The van der Waals surface area contributed by atoms with Gasteiger partial charge in [0.25, 0.3) is 5.69 Å². The Hall–Kier alpha value is -1.67. The van der Waals surface area contributed by atoms with Gasteiger partial charge in [-0.2, -0.15) is 4.99 Å². The van der Waals surface area contributed by atoms with E-state index >= 15 is 0 Å². The van der Waals surface area contributed by atoms with Gasteiger partial charge in [-0.15, -0.1) is 0 Å². The molecule has 0 radical (unpaired) electrons. The maximum Gasteiger partial charge on any atom is 0.291 e. The van der Waals surface area contributed by atoms with Crippen LogP contribution in [0.4, 0.5) is 11.4 Å². The number of benzene rings is 1. The number of hydrogen-bond donors (Lipinski definition) is 1. The molecule has 0 saturated heterocycles. The molecule has 0 saturated carbocycles. The summed E-state index contributed by atoms with van der Waals surface area (Å²) >= 11 is 4.32. The fourth-order valence-corrected chi connectivity index (χ4v) is 1.80. The van der Waals surface area contributed by atoms with Crippen molar-refractivity contribution in [1.29, 1.82) is 0 Å². The predicted molar refractivity (Wildman–Crippen MR) is 59.2 cm³/mol. The molecule has 84 valence electrons. The number of isothiocyanates is 1. The monoisotopic (exact) mass is 259 g/mol. The van der Waals surface area contributed by atoms with E-state index in [9.17, 15) is 18.5 Å². The number of nitro groups is 1. The van der Waals surface area contributed by atoms with E-state index in [0.29, 0.717) is 0 Å². The number of nitro benzene ring substituents is 1. The van der Waals surface area contributed by atoms with E-state index in [-0.39, 0.29) is 5.69 Å². The Kier molecular flexibility index (Phi) is 3.45. The summed E-state index contributed by atoms with van der Waals surface area (Å²) in [4.78, 5) is 12.7. The quantitative estimate of drug-likeness (QED) is 0.376. The van der Waals surface area contributed by atoms with Gasteiger partial charge in [0.05, 0.1) is 15.8 Å². The normalized spacial score (nSPS) is 10.6. The summed E-state index contributed by atoms with van der Waals surface area (Å²) < 4.78 is 22.1. The third-order valence-electron chi connectivity index (χ3n) is 1.62. The van der Waals surface area contributed by atoms with Crippen LogP contribution >= 0.6 is 12.2 Å². The number of nitrogens with zero attached hydrogens (tertiary/aromatic N) is 2. The number of sulfonamides is 1. The Morgan fingerprint density at radius 3 is 2.56 bits per heavy atom. The molecule has 0 aliphatic carbocycles. The minimum Gasteiger partial charge on any atom is -0.258 e. The van der Waals surface area contributed by atoms with Crippen molar-refractivity contribution < 1.29 is 13.3 Å². The fourth-order valence-electron chi connectivity index (χ4n) is 1.01. The molecule has 9 heteroatoms. The van der Waals surface area contributed by atoms with Crippen LogP contribution in [0, 0.1) is 10.1 Å². The highest BCUT2D eigenvalue weighted by Gasteiger charge is 2.22. The van der Waals surface area contributed by atoms with Gasteiger partial charge in [0.2, 0.25) is 10.0 Å². The van der Waals surface area contributed by atoms with Gasteiger partial charge in [-0.1, -0.05) is 0 Å². The van der Waals surface area contributed by atoms with Crippen molar-refractivity contribution in [3.05, 3.63) is 28.3 Å². The first-order valence-electron chi connectivity index (χ1n) is 3.75. The van der Waals surface area contributed by atoms with Crippen molar-refractivity contribution in [2.45, 2.75) is 4.90 Å². The van der Waals surface area contributed by atoms with Gasteiger partial charge in [-0.25, -0.2) is 13.6 Å². The second kappa shape index (κ2) is 4.45. The summed E-state index contributed by atoms with van der Waals surface area (Å²) in [7, 11) is -4.14. The summed E-state index contributed by atoms with van der Waals surface area (Å²) in [5, 5.41) is 17.5. The highest BCUT2D eigenvalue weighted by Crippen LogP contribution is 2.27. The molecule has 0 bridgehead atoms. The van der Waals surface area contributed by atoms with Crippen molar-refractivity contribution in [1.82, 2.24) is 0 Å². The second-order valence-electron chi connectivity index (χ2n) is 2.66. The average molecular weight is 259 g/mol. The van der Waals surface area contributed by atoms with Crippen LogP contribution in [0.15, 0.2) is 28.1 Å². The maximum atomic E-state index is 11.0. The van der Waals surface area contributed by atoms with E-state index in [4.69, 9.17) is 5.14 Å². The van der Waals surface area contributed by atoms with Gasteiger partial charge in [-0.3, -0.25) is 10.1 Å². The molecule has 0 amide bonds. The first-order chi connectivity index (χ1) is 7.36. The zero-order chi connectivity index (χ0) is 12.3. The number of nitrogens with two attached hydrogens (primary N) is 1. The Bertz CT molecular complexity index is 590. The van der Waals surface area contributed by atoms with Gasteiger partial charge >= 0.3 is 0 Å². The zero-order valence-corrected chi connectivity index (χ0v) is 9.29. The molecule has 0 fully saturated rings. The van der Waals surface area contributed by atoms with E-state index in [1.807, 2.05) is 5.16 Å². The lowest BCUT2D eigenvalue weighted by molar-refractivity contribution is -0.387. The Labute approximate surface area is 95.8 Å². The lowest BCUT2D eigenvalue weighted by Crippen LogP contribution is -2.14. The molecule has 1 aromatic rings. The number of primary sulfonamides is 1. The lowest BCUT2D eigenvalue weighted by Gasteiger charge is -2.00. The highest BCUT2D eigenvalue weighted by atomic mass is 32.2. The van der Waals surface area contributed by atoms with Crippen LogP contribution in [0.5, 0.6) is 0 Å². The Morgan fingerprint density at radius 1 is 1.50 bits per heavy atom. The number of rotatable bonds is 3. The summed E-state index contributed by atoms with van der Waals surface area (Å²) in [6, 6.07) is 3.20. The maximum absolute atomic E-state index is 11.0. The molecule has 0 aliphatic heterocycles. The molecule has 0 aromatic heterocycles. The van der Waals surface area contributed by atoms with Crippen LogP contribution in [-0.4, -0.2) is 18.5 Å². The van der Waals surface area contributed by atoms with Crippen molar-refractivity contribution in [3.8, 4) is 0 Å². The molecule has 0 unspecified atom stereocenters. The van der Waals surface area contributed by atoms with E-state index in [2.05, 4.69) is 17.2 Å². The lowest BCUT2D eigenvalue weighted by atomic mass is 10.3. The van der Waals surface area contributed by atoms with Crippen molar-refractivity contribution in [2.75, 3.05) is 0 Å². The third-order valence-corrected chi connectivity index (χ3v) is 2.67. The SMILES string of the molecule is NS(=O)(=O)c1ccc(N=C=S)cc1[N+](=O)[O-]. The predicted octanol–water partition coefficient (Wildman–Crippen LogP) is 0.977. The Morgan fingerprint density at radius 2 is 2.12 bits per heavy atom. The second-order valence-corrected chi connectivity index (χ2v) is 4.37. The van der Waals surface area contributed by atoms with Crippen LogP contribution in [-0.2, 0) is 10.0 Å². The van der Waals surface area contributed by atoms with Crippen molar-refractivity contribution in [2.24, 2.45) is 10.1 Å². The van der Waals surface area contributed by atoms with Crippen LogP contribution in [0.2, 0.25) is 0 Å². The van der Waals surface area contributed by atoms with Gasteiger partial charge in [0.1, 0.15) is 0 Å². The number of aliphatic imine (C=N–C) groups is 1. The molecule has 7 nitrogen and oxygen atoms in total. The van der Waals surface area contributed by atoms with Crippen LogP contribution < -0.4 is 5.14 Å². The number of hydrogen-bond acceptors (Lipinski definition) is 6. The van der Waals surface area contributed by atoms with Gasteiger partial charge in [0, 0.05) is 6.07 Å². The fraction of sp³-hybridized carbons (Fsp3) is 0. The molecule has 0 aliphatic rings. The smallest absolute Gasteiger partial charge is 0.258 e. The van der Waals surface area contributed by atoms with E-state index in [1.54, 1.807) is 0 Å². The molecule has 1 aromatic carbocycles. The molecule has 16 heavy (non-hydrogen) atoms. The van der Waals surface area contributed by atoms with Crippen molar-refractivity contribution in [3.63, 3.8) is 0 Å². The van der Waals surface area contributed by atoms with Crippen LogP contribution in [0.1, 0.15) is 0 Å². The largest absolute Gasteiger partial charge is 0.291 e. The van der Waals surface area contributed by atoms with Crippen LogP contribution in [0.25, 0.3) is 0 Å². The molecule has 0 spiro atoms. The van der Waals surface area contributed by atoms with Gasteiger partial charge < -0.3 is 0 Å². The molecule has 1 rings (SSSR count). The topological polar surface area (TPSA) is 116 Å². The summed E-state index contributed by atoms with van der Waals surface area (Å²) in [6.07, 6.45) is 0. The number of thiocarbonyl (C=S) groups is 1. The van der Waals surface area contributed by atoms with E-state index in [1.165, 1.54) is 6.07 Å². The minimum absolute atomic E-state index is 0.133. The zero-order valence-electron chi connectivity index (χ0n) is 7.65. The molecule has 0 heterocycles. The van der Waals surface area contributed by atoms with Gasteiger partial charge in [-0.05, 0) is 24.4 Å². The molecule has 0 atom stereocenters. The van der Waals surface area contributed by atoms with Gasteiger partial charge in [0.15, 0.2) is 4.90 Å². The molecule has 2 N–H and O–H groups in total. The first-order valence-corrected chi connectivity index (χ1v) is 5.71. The van der Waals surface area contributed by atoms with Crippen molar-refractivity contribution >= 4 is 38.8 Å². The minimum atomic E-state index is -4.14. The van der Waals surface area contributed by atoms with Crippen LogP contribution in [0.3, 0.4) is 0 Å². The Balaban J connectivity index is 3.54. The molecular formula is C7H5N3O4S2. The van der Waals surface area contributed by atoms with E-state index in [0.717, 1.165) is 12.1 Å². The summed E-state index contributed by atoms with van der Waals surface area (Å²) in [5.74, 6) is 0. The summed E-state index contributed by atoms with van der Waals surface area (Å²) in [5.41, 5.74) is -0.511. The third kappa shape index (κ3) is 2.67. The highest BCUT2D eigenvalue weighted by molar-refractivity contribution is 7.89. The first kappa shape index (κ1) is 12.4. The standard InChI is InChI=1S/C7H5N3O4S2/c8-16(13,14)7-2-1-5(9-4-15)3-6(7)10(11)12/h1-3H,(H2,8,13,14). The summed E-state index contributed by atoms with van der Waals surface area (Å²) in [6.45, 7) is 0. The molecular weight excluding hydrogens is 254 g/mol.